The number of benzene rings is 1. The van der Waals surface area contributed by atoms with Crippen molar-refractivity contribution in [2.45, 2.75) is 31.9 Å². The van der Waals surface area contributed by atoms with Gasteiger partial charge in [-0.1, -0.05) is 29.3 Å². The average Bonchev–Trinajstić information content (AvgIpc) is 3.19. The Morgan fingerprint density at radius 1 is 1.23 bits per heavy atom. The molecule has 6 nitrogen and oxygen atoms in total. The van der Waals surface area contributed by atoms with E-state index in [1.54, 1.807) is 18.2 Å². The lowest BCUT2D eigenvalue weighted by molar-refractivity contribution is -0.143. The molecule has 0 aromatic heterocycles. The lowest BCUT2D eigenvalue weighted by Crippen LogP contribution is -2.55. The maximum atomic E-state index is 12.5. The fraction of sp³-hybridized carbons (Fsp3) is 0.556. The second kappa shape index (κ2) is 8.57. The fourth-order valence-electron chi connectivity index (χ4n) is 3.31. The number of halogens is 2. The van der Waals surface area contributed by atoms with Gasteiger partial charge < -0.3 is 15.0 Å². The molecule has 8 heteroatoms. The summed E-state index contributed by atoms with van der Waals surface area (Å²) in [5.41, 5.74) is 0.503. The molecule has 2 fully saturated rings. The van der Waals surface area contributed by atoms with Crippen LogP contribution >= 0.6 is 23.2 Å². The van der Waals surface area contributed by atoms with Crippen LogP contribution in [-0.2, 0) is 14.3 Å². The molecule has 0 saturated carbocycles. The lowest BCUT2D eigenvalue weighted by Gasteiger charge is -2.38. The van der Waals surface area contributed by atoms with E-state index in [4.69, 9.17) is 27.9 Å². The monoisotopic (exact) mass is 399 g/mol. The van der Waals surface area contributed by atoms with Crippen LogP contribution in [0.5, 0.6) is 0 Å². The van der Waals surface area contributed by atoms with Crippen molar-refractivity contribution in [2.24, 2.45) is 0 Å². The Morgan fingerprint density at radius 3 is 2.62 bits per heavy atom. The van der Waals surface area contributed by atoms with Crippen molar-refractivity contribution in [3.8, 4) is 0 Å². The van der Waals surface area contributed by atoms with E-state index < -0.39 is 0 Å². The van der Waals surface area contributed by atoms with Crippen molar-refractivity contribution >= 4 is 40.7 Å². The average molecular weight is 400 g/mol. The number of hydrogen-bond donors (Lipinski definition) is 1. The SMILES string of the molecule is CC(C(=O)Nc1cccc(Cl)c1Cl)N1CCN(C(=O)C2CCCO2)CC1. The van der Waals surface area contributed by atoms with E-state index in [0.717, 1.165) is 12.8 Å². The largest absolute Gasteiger partial charge is 0.368 e. The lowest BCUT2D eigenvalue weighted by atomic mass is 10.1. The van der Waals surface area contributed by atoms with E-state index in [0.29, 0.717) is 48.5 Å². The van der Waals surface area contributed by atoms with Crippen molar-refractivity contribution in [3.05, 3.63) is 28.2 Å². The van der Waals surface area contributed by atoms with Crippen LogP contribution < -0.4 is 5.32 Å². The molecule has 0 bridgehead atoms. The number of nitrogens with one attached hydrogen (secondary N) is 1. The van der Waals surface area contributed by atoms with Gasteiger partial charge in [0, 0.05) is 32.8 Å². The van der Waals surface area contributed by atoms with Gasteiger partial charge in [0.2, 0.25) is 5.91 Å². The van der Waals surface area contributed by atoms with E-state index in [2.05, 4.69) is 10.2 Å². The highest BCUT2D eigenvalue weighted by atomic mass is 35.5. The van der Waals surface area contributed by atoms with E-state index in [1.165, 1.54) is 0 Å². The molecule has 2 saturated heterocycles. The molecule has 1 N–H and O–H groups in total. The number of anilines is 1. The van der Waals surface area contributed by atoms with Crippen LogP contribution in [0.4, 0.5) is 5.69 Å². The number of hydrogen-bond acceptors (Lipinski definition) is 4. The van der Waals surface area contributed by atoms with Crippen molar-refractivity contribution in [3.63, 3.8) is 0 Å². The topological polar surface area (TPSA) is 61.9 Å². The molecular formula is C18H23Cl2N3O3. The van der Waals surface area contributed by atoms with Gasteiger partial charge in [0.25, 0.3) is 5.91 Å². The first kappa shape index (κ1) is 19.4. The molecule has 2 aliphatic heterocycles. The van der Waals surface area contributed by atoms with Crippen molar-refractivity contribution < 1.29 is 14.3 Å². The summed E-state index contributed by atoms with van der Waals surface area (Å²) in [5.74, 6) is -0.0713. The highest BCUT2D eigenvalue weighted by Crippen LogP contribution is 2.29. The van der Waals surface area contributed by atoms with Crippen molar-refractivity contribution in [1.82, 2.24) is 9.80 Å². The van der Waals surface area contributed by atoms with E-state index >= 15 is 0 Å². The number of amides is 2. The quantitative estimate of drug-likeness (QED) is 0.844. The Morgan fingerprint density at radius 2 is 1.96 bits per heavy atom. The standard InChI is InChI=1S/C18H23Cl2N3O3/c1-12(17(24)21-14-5-2-4-13(19)16(14)20)22-7-9-23(10-8-22)18(25)15-6-3-11-26-15/h2,4-5,12,15H,3,6-11H2,1H3,(H,21,24). The molecular weight excluding hydrogens is 377 g/mol. The summed E-state index contributed by atoms with van der Waals surface area (Å²) in [6.07, 6.45) is 1.46. The summed E-state index contributed by atoms with van der Waals surface area (Å²) in [6.45, 7) is 5.03. The maximum Gasteiger partial charge on any atom is 0.251 e. The van der Waals surface area contributed by atoms with Gasteiger partial charge in [0.05, 0.1) is 21.8 Å². The normalized spacial score (nSPS) is 22.3. The minimum absolute atomic E-state index is 0.0740. The molecule has 0 radical (unpaired) electrons. The molecule has 26 heavy (non-hydrogen) atoms. The van der Waals surface area contributed by atoms with E-state index in [1.807, 2.05) is 11.8 Å². The molecule has 1 aromatic carbocycles. The first-order valence-corrected chi connectivity index (χ1v) is 9.62. The zero-order valence-corrected chi connectivity index (χ0v) is 16.2. The summed E-state index contributed by atoms with van der Waals surface area (Å²) in [7, 11) is 0. The predicted octanol–water partition coefficient (Wildman–Crippen LogP) is 2.64. The molecule has 2 amide bonds. The minimum Gasteiger partial charge on any atom is -0.368 e. The number of carbonyl (C=O) groups excluding carboxylic acids is 2. The third kappa shape index (κ3) is 4.31. The van der Waals surface area contributed by atoms with Crippen LogP contribution in [0.3, 0.4) is 0 Å². The number of piperazine rings is 1. The molecule has 1 aromatic rings. The van der Waals surface area contributed by atoms with Gasteiger partial charge in [-0.05, 0) is 31.9 Å². The number of carbonyl (C=O) groups is 2. The van der Waals surface area contributed by atoms with Crippen LogP contribution in [-0.4, -0.2) is 66.5 Å². The van der Waals surface area contributed by atoms with Gasteiger partial charge in [-0.15, -0.1) is 0 Å². The Bertz CT molecular complexity index is 672. The second-order valence-corrected chi connectivity index (χ2v) is 7.41. The third-order valence-electron chi connectivity index (χ3n) is 4.97. The molecule has 2 aliphatic rings. The van der Waals surface area contributed by atoms with Crippen LogP contribution in [0, 0.1) is 0 Å². The van der Waals surface area contributed by atoms with Crippen molar-refractivity contribution in [1.29, 1.82) is 0 Å². The maximum absolute atomic E-state index is 12.5. The fourth-order valence-corrected chi connectivity index (χ4v) is 3.66. The van der Waals surface area contributed by atoms with Crippen LogP contribution in [0.25, 0.3) is 0 Å². The molecule has 2 unspecified atom stereocenters. The van der Waals surface area contributed by atoms with Crippen molar-refractivity contribution in [2.75, 3.05) is 38.1 Å². The molecule has 2 heterocycles. The first-order valence-electron chi connectivity index (χ1n) is 8.86. The van der Waals surface area contributed by atoms with Gasteiger partial charge in [0.1, 0.15) is 6.10 Å². The minimum atomic E-state index is -0.329. The van der Waals surface area contributed by atoms with Gasteiger partial charge in [-0.3, -0.25) is 14.5 Å². The van der Waals surface area contributed by atoms with Gasteiger partial charge in [-0.25, -0.2) is 0 Å². The van der Waals surface area contributed by atoms with Crippen LogP contribution in [0.15, 0.2) is 18.2 Å². The number of ether oxygens (including phenoxy) is 1. The zero-order valence-electron chi connectivity index (χ0n) is 14.7. The molecule has 3 rings (SSSR count). The predicted molar refractivity (Wildman–Crippen MR) is 102 cm³/mol. The van der Waals surface area contributed by atoms with Gasteiger partial charge >= 0.3 is 0 Å². The smallest absolute Gasteiger partial charge is 0.251 e. The number of nitrogens with zero attached hydrogens (tertiary/aromatic N) is 2. The highest BCUT2D eigenvalue weighted by Gasteiger charge is 2.32. The Labute approximate surface area is 163 Å². The Hall–Kier alpha value is -1.34. The summed E-state index contributed by atoms with van der Waals surface area (Å²) in [4.78, 5) is 28.8. The summed E-state index contributed by atoms with van der Waals surface area (Å²) in [5, 5.41) is 3.57. The molecule has 2 atom stereocenters. The van der Waals surface area contributed by atoms with E-state index in [9.17, 15) is 9.59 Å². The summed E-state index contributed by atoms with van der Waals surface area (Å²) < 4.78 is 5.48. The number of rotatable bonds is 4. The van der Waals surface area contributed by atoms with Gasteiger partial charge in [-0.2, -0.15) is 0 Å². The van der Waals surface area contributed by atoms with E-state index in [-0.39, 0.29) is 24.0 Å². The Kier molecular flexibility index (Phi) is 6.40. The molecule has 0 spiro atoms. The zero-order chi connectivity index (χ0) is 18.7. The molecule has 142 valence electrons. The van der Waals surface area contributed by atoms with Crippen LogP contribution in [0.2, 0.25) is 10.0 Å². The second-order valence-electron chi connectivity index (χ2n) is 6.63. The Balaban J connectivity index is 1.52. The third-order valence-corrected chi connectivity index (χ3v) is 5.79. The first-order chi connectivity index (χ1) is 12.5. The highest BCUT2D eigenvalue weighted by molar-refractivity contribution is 6.44. The van der Waals surface area contributed by atoms with Gasteiger partial charge in [0.15, 0.2) is 0 Å². The summed E-state index contributed by atoms with van der Waals surface area (Å²) >= 11 is 12.1. The molecule has 0 aliphatic carbocycles. The summed E-state index contributed by atoms with van der Waals surface area (Å²) in [6, 6.07) is 4.80. The van der Waals surface area contributed by atoms with Crippen LogP contribution in [0.1, 0.15) is 19.8 Å².